The van der Waals surface area contributed by atoms with Gasteiger partial charge in [-0.3, -0.25) is 4.90 Å². The standard InChI is InChI=1S/C12H18N2O/c1-10-11(3-2-4-12(10)15)9-14-7-5-13-6-8-14/h2-4,13,15H,5-9H2,1H3. The second-order valence-corrected chi connectivity index (χ2v) is 4.09. The van der Waals surface area contributed by atoms with Crippen LogP contribution in [0.4, 0.5) is 0 Å². The molecule has 0 radical (unpaired) electrons. The number of hydrogen-bond acceptors (Lipinski definition) is 3. The zero-order chi connectivity index (χ0) is 10.7. The Balaban J connectivity index is 2.06. The van der Waals surface area contributed by atoms with E-state index in [4.69, 9.17) is 0 Å². The quantitative estimate of drug-likeness (QED) is 0.761. The summed E-state index contributed by atoms with van der Waals surface area (Å²) >= 11 is 0. The molecule has 1 aromatic carbocycles. The minimum atomic E-state index is 0.405. The van der Waals surface area contributed by atoms with Crippen LogP contribution in [-0.2, 0) is 6.54 Å². The van der Waals surface area contributed by atoms with Gasteiger partial charge < -0.3 is 10.4 Å². The molecular formula is C12H18N2O. The molecule has 1 aliphatic rings. The van der Waals surface area contributed by atoms with Crippen LogP contribution in [0.3, 0.4) is 0 Å². The third-order valence-corrected chi connectivity index (χ3v) is 3.02. The Labute approximate surface area is 90.7 Å². The summed E-state index contributed by atoms with van der Waals surface area (Å²) in [5.41, 5.74) is 2.24. The van der Waals surface area contributed by atoms with Gasteiger partial charge in [0.05, 0.1) is 0 Å². The number of aromatic hydroxyl groups is 1. The second kappa shape index (κ2) is 4.64. The first-order valence-electron chi connectivity index (χ1n) is 5.48. The average Bonchev–Trinajstić information content (AvgIpc) is 2.26. The molecule has 0 bridgehead atoms. The minimum Gasteiger partial charge on any atom is -0.508 e. The van der Waals surface area contributed by atoms with Gasteiger partial charge >= 0.3 is 0 Å². The van der Waals surface area contributed by atoms with Gasteiger partial charge in [-0.25, -0.2) is 0 Å². The van der Waals surface area contributed by atoms with Gasteiger partial charge in [-0.15, -0.1) is 0 Å². The van der Waals surface area contributed by atoms with Crippen molar-refractivity contribution in [2.45, 2.75) is 13.5 Å². The highest BCUT2D eigenvalue weighted by Gasteiger charge is 2.11. The van der Waals surface area contributed by atoms with Gasteiger partial charge in [0, 0.05) is 32.7 Å². The van der Waals surface area contributed by atoms with Crippen molar-refractivity contribution in [1.29, 1.82) is 0 Å². The first-order valence-corrected chi connectivity index (χ1v) is 5.48. The molecule has 2 N–H and O–H groups in total. The molecule has 0 spiro atoms. The van der Waals surface area contributed by atoms with Gasteiger partial charge in [0.25, 0.3) is 0 Å². The fraction of sp³-hybridized carbons (Fsp3) is 0.500. The summed E-state index contributed by atoms with van der Waals surface area (Å²) in [5.74, 6) is 0.405. The Morgan fingerprint density at radius 2 is 2.07 bits per heavy atom. The molecule has 1 aliphatic heterocycles. The van der Waals surface area contributed by atoms with Crippen molar-refractivity contribution in [2.24, 2.45) is 0 Å². The van der Waals surface area contributed by atoms with Crippen molar-refractivity contribution in [1.82, 2.24) is 10.2 Å². The van der Waals surface area contributed by atoms with E-state index in [0.717, 1.165) is 38.3 Å². The Kier molecular flexibility index (Phi) is 3.23. The van der Waals surface area contributed by atoms with Crippen LogP contribution in [0.15, 0.2) is 18.2 Å². The van der Waals surface area contributed by atoms with Crippen molar-refractivity contribution < 1.29 is 5.11 Å². The molecule has 0 atom stereocenters. The van der Waals surface area contributed by atoms with Crippen molar-refractivity contribution in [3.05, 3.63) is 29.3 Å². The first-order chi connectivity index (χ1) is 7.27. The Morgan fingerprint density at radius 3 is 2.80 bits per heavy atom. The highest BCUT2D eigenvalue weighted by atomic mass is 16.3. The number of benzene rings is 1. The van der Waals surface area contributed by atoms with Gasteiger partial charge in [0.15, 0.2) is 0 Å². The number of phenols is 1. The number of rotatable bonds is 2. The van der Waals surface area contributed by atoms with Crippen LogP contribution >= 0.6 is 0 Å². The van der Waals surface area contributed by atoms with Crippen molar-refractivity contribution in [3.8, 4) is 5.75 Å². The van der Waals surface area contributed by atoms with Crippen LogP contribution < -0.4 is 5.32 Å². The van der Waals surface area contributed by atoms with Crippen molar-refractivity contribution >= 4 is 0 Å². The fourth-order valence-electron chi connectivity index (χ4n) is 1.95. The lowest BCUT2D eigenvalue weighted by molar-refractivity contribution is 0.232. The summed E-state index contributed by atoms with van der Waals surface area (Å²) in [7, 11) is 0. The number of phenolic OH excluding ortho intramolecular Hbond substituents is 1. The maximum Gasteiger partial charge on any atom is 0.118 e. The van der Waals surface area contributed by atoms with Crippen LogP contribution in [0.5, 0.6) is 5.75 Å². The van der Waals surface area contributed by atoms with E-state index in [1.54, 1.807) is 6.07 Å². The lowest BCUT2D eigenvalue weighted by Gasteiger charge is -2.27. The van der Waals surface area contributed by atoms with Crippen molar-refractivity contribution in [3.63, 3.8) is 0 Å². The average molecular weight is 206 g/mol. The topological polar surface area (TPSA) is 35.5 Å². The van der Waals surface area contributed by atoms with E-state index in [1.807, 2.05) is 13.0 Å². The molecule has 82 valence electrons. The summed E-state index contributed by atoms with van der Waals surface area (Å²) in [5, 5.41) is 12.9. The van der Waals surface area contributed by atoms with Crippen LogP contribution in [0, 0.1) is 6.92 Å². The molecule has 15 heavy (non-hydrogen) atoms. The molecule has 3 nitrogen and oxygen atoms in total. The molecule has 0 amide bonds. The molecule has 0 aromatic heterocycles. The molecule has 1 fully saturated rings. The molecule has 1 aromatic rings. The zero-order valence-corrected chi connectivity index (χ0v) is 9.16. The van der Waals surface area contributed by atoms with E-state index in [-0.39, 0.29) is 0 Å². The predicted molar refractivity (Wildman–Crippen MR) is 61.0 cm³/mol. The summed E-state index contributed by atoms with van der Waals surface area (Å²) in [6, 6.07) is 5.76. The minimum absolute atomic E-state index is 0.405. The third-order valence-electron chi connectivity index (χ3n) is 3.02. The molecule has 0 aliphatic carbocycles. The van der Waals surface area contributed by atoms with Gasteiger partial charge in [0.1, 0.15) is 5.75 Å². The summed E-state index contributed by atoms with van der Waals surface area (Å²) < 4.78 is 0. The monoisotopic (exact) mass is 206 g/mol. The smallest absolute Gasteiger partial charge is 0.118 e. The van der Waals surface area contributed by atoms with Crippen LogP contribution in [0.25, 0.3) is 0 Å². The molecule has 0 unspecified atom stereocenters. The van der Waals surface area contributed by atoms with E-state index >= 15 is 0 Å². The van der Waals surface area contributed by atoms with E-state index in [0.29, 0.717) is 5.75 Å². The van der Waals surface area contributed by atoms with Gasteiger partial charge in [-0.1, -0.05) is 12.1 Å². The van der Waals surface area contributed by atoms with Crippen LogP contribution in [0.2, 0.25) is 0 Å². The van der Waals surface area contributed by atoms with E-state index < -0.39 is 0 Å². The molecule has 1 saturated heterocycles. The first kappa shape index (κ1) is 10.5. The molecule has 2 rings (SSSR count). The van der Waals surface area contributed by atoms with E-state index in [9.17, 15) is 5.11 Å². The summed E-state index contributed by atoms with van der Waals surface area (Å²) in [6.45, 7) is 7.24. The fourth-order valence-corrected chi connectivity index (χ4v) is 1.95. The molecule has 1 heterocycles. The highest BCUT2D eigenvalue weighted by Crippen LogP contribution is 2.20. The number of piperazine rings is 1. The Hall–Kier alpha value is -1.06. The molecule has 0 saturated carbocycles. The lowest BCUT2D eigenvalue weighted by atomic mass is 10.1. The van der Waals surface area contributed by atoms with Gasteiger partial charge in [0.2, 0.25) is 0 Å². The number of nitrogens with one attached hydrogen (secondary N) is 1. The summed E-state index contributed by atoms with van der Waals surface area (Å²) in [6.07, 6.45) is 0. The maximum absolute atomic E-state index is 9.60. The SMILES string of the molecule is Cc1c(O)cccc1CN1CCNCC1. The maximum atomic E-state index is 9.60. The number of nitrogens with zero attached hydrogens (tertiary/aromatic N) is 1. The lowest BCUT2D eigenvalue weighted by Crippen LogP contribution is -2.42. The van der Waals surface area contributed by atoms with Gasteiger partial charge in [-0.2, -0.15) is 0 Å². The van der Waals surface area contributed by atoms with Crippen molar-refractivity contribution in [2.75, 3.05) is 26.2 Å². The van der Waals surface area contributed by atoms with Gasteiger partial charge in [-0.05, 0) is 24.1 Å². The van der Waals surface area contributed by atoms with E-state index in [2.05, 4.69) is 16.3 Å². The largest absolute Gasteiger partial charge is 0.508 e. The number of hydrogen-bond donors (Lipinski definition) is 2. The molecule has 3 heteroatoms. The highest BCUT2D eigenvalue weighted by molar-refractivity contribution is 5.37. The zero-order valence-electron chi connectivity index (χ0n) is 9.16. The Morgan fingerprint density at radius 1 is 1.33 bits per heavy atom. The van der Waals surface area contributed by atoms with E-state index in [1.165, 1.54) is 5.56 Å². The second-order valence-electron chi connectivity index (χ2n) is 4.09. The van der Waals surface area contributed by atoms with Crippen LogP contribution in [0.1, 0.15) is 11.1 Å². The predicted octanol–water partition coefficient (Wildman–Crippen LogP) is 1.11. The Bertz CT molecular complexity index is 332. The third kappa shape index (κ3) is 2.49. The normalized spacial score (nSPS) is 17.9. The molecular weight excluding hydrogens is 188 g/mol. The van der Waals surface area contributed by atoms with Crippen LogP contribution in [-0.4, -0.2) is 36.2 Å². The summed E-state index contributed by atoms with van der Waals surface area (Å²) in [4.78, 5) is 2.41.